The Hall–Kier alpha value is -2.84. The van der Waals surface area contributed by atoms with Gasteiger partial charge >= 0.3 is 0 Å². The van der Waals surface area contributed by atoms with Gasteiger partial charge in [0, 0.05) is 18.7 Å². The van der Waals surface area contributed by atoms with Gasteiger partial charge in [0.15, 0.2) is 5.78 Å². The average Bonchev–Trinajstić information content (AvgIpc) is 3.08. The van der Waals surface area contributed by atoms with Crippen LogP contribution in [0.25, 0.3) is 0 Å². The van der Waals surface area contributed by atoms with E-state index in [-0.39, 0.29) is 16.2 Å². The van der Waals surface area contributed by atoms with Gasteiger partial charge in [0.05, 0.1) is 16.3 Å². The number of amides is 1. The molecular weight excluding hydrogens is 402 g/mol. The number of ketones is 1. The number of carbonyl (C=O) groups is 2. The van der Waals surface area contributed by atoms with E-state index >= 15 is 0 Å². The molecule has 1 atom stereocenters. The highest BCUT2D eigenvalue weighted by Crippen LogP contribution is 2.27. The third-order valence-corrected chi connectivity index (χ3v) is 7.40. The number of para-hydroxylation sites is 1. The molecule has 0 radical (unpaired) electrons. The molecular formula is C22H23N3O4S. The number of carbonyl (C=O) groups excluding carboxylic acids is 2. The molecule has 0 N–H and O–H groups in total. The van der Waals surface area contributed by atoms with E-state index in [0.717, 1.165) is 19.3 Å². The van der Waals surface area contributed by atoms with Crippen molar-refractivity contribution >= 4 is 33.1 Å². The van der Waals surface area contributed by atoms with Gasteiger partial charge in [-0.3, -0.25) is 9.59 Å². The highest BCUT2D eigenvalue weighted by atomic mass is 32.2. The number of hydrazone groups is 1. The molecule has 7 nitrogen and oxygen atoms in total. The number of hydrogen-bond acceptors (Lipinski definition) is 5. The van der Waals surface area contributed by atoms with Crippen molar-refractivity contribution < 1.29 is 18.0 Å². The first-order valence-corrected chi connectivity index (χ1v) is 11.4. The number of anilines is 1. The van der Waals surface area contributed by atoms with Crippen molar-refractivity contribution in [2.45, 2.75) is 31.1 Å². The monoisotopic (exact) mass is 425 g/mol. The SMILES string of the molecule is CC1=NN(c2ccccc2)C(=O)[C@@H]1C(=O)c1ccc(S(=O)(=O)N2CCCCC2)cc1. The number of hydrogen-bond donors (Lipinski definition) is 0. The van der Waals surface area contributed by atoms with Crippen LogP contribution < -0.4 is 5.01 Å². The first-order chi connectivity index (χ1) is 14.4. The number of rotatable bonds is 5. The van der Waals surface area contributed by atoms with Crippen LogP contribution in [0.3, 0.4) is 0 Å². The fourth-order valence-electron chi connectivity index (χ4n) is 3.83. The van der Waals surface area contributed by atoms with Crippen molar-refractivity contribution in [3.8, 4) is 0 Å². The van der Waals surface area contributed by atoms with Gasteiger partial charge in [0.2, 0.25) is 10.0 Å². The second kappa shape index (κ2) is 8.12. The minimum absolute atomic E-state index is 0.162. The zero-order chi connectivity index (χ0) is 21.3. The van der Waals surface area contributed by atoms with Gasteiger partial charge in [-0.2, -0.15) is 14.4 Å². The fourth-order valence-corrected chi connectivity index (χ4v) is 5.35. The molecule has 8 heteroatoms. The summed E-state index contributed by atoms with van der Waals surface area (Å²) in [7, 11) is -3.57. The maximum Gasteiger partial charge on any atom is 0.264 e. The minimum Gasteiger partial charge on any atom is -0.293 e. The molecule has 1 saturated heterocycles. The van der Waals surface area contributed by atoms with Crippen LogP contribution in [-0.2, 0) is 14.8 Å². The number of Topliss-reactive ketones (excluding diaryl/α,β-unsaturated/α-hetero) is 1. The lowest BCUT2D eigenvalue weighted by Gasteiger charge is -2.25. The van der Waals surface area contributed by atoms with Crippen LogP contribution in [0.4, 0.5) is 5.69 Å². The van der Waals surface area contributed by atoms with Crippen molar-refractivity contribution in [2.24, 2.45) is 11.0 Å². The molecule has 2 aliphatic heterocycles. The van der Waals surface area contributed by atoms with E-state index in [9.17, 15) is 18.0 Å². The predicted molar refractivity (Wildman–Crippen MR) is 114 cm³/mol. The number of benzene rings is 2. The van der Waals surface area contributed by atoms with Gasteiger partial charge in [-0.05, 0) is 44.0 Å². The lowest BCUT2D eigenvalue weighted by Crippen LogP contribution is -2.35. The predicted octanol–water partition coefficient (Wildman–Crippen LogP) is 3.08. The average molecular weight is 426 g/mol. The van der Waals surface area contributed by atoms with Crippen LogP contribution in [0.1, 0.15) is 36.5 Å². The summed E-state index contributed by atoms with van der Waals surface area (Å²) in [6.45, 7) is 2.69. The standard InChI is InChI=1S/C22H23N3O4S/c1-16-20(22(27)25(23-16)18-8-4-2-5-9-18)21(26)17-10-12-19(13-11-17)30(28,29)24-14-6-3-7-15-24/h2,4-5,8-13,20H,3,6-7,14-15H2,1H3/t20-/m0/s1. The summed E-state index contributed by atoms with van der Waals surface area (Å²) < 4.78 is 27.1. The third kappa shape index (κ3) is 3.68. The van der Waals surface area contributed by atoms with Gasteiger partial charge in [-0.1, -0.05) is 36.8 Å². The Morgan fingerprint density at radius 1 is 0.967 bits per heavy atom. The third-order valence-electron chi connectivity index (χ3n) is 5.49. The molecule has 1 fully saturated rings. The largest absolute Gasteiger partial charge is 0.293 e. The molecule has 156 valence electrons. The van der Waals surface area contributed by atoms with Crippen molar-refractivity contribution in [2.75, 3.05) is 18.1 Å². The quantitative estimate of drug-likeness (QED) is 0.544. The van der Waals surface area contributed by atoms with Crippen LogP contribution in [0.15, 0.2) is 64.6 Å². The van der Waals surface area contributed by atoms with Gasteiger partial charge in [-0.15, -0.1) is 0 Å². The van der Waals surface area contributed by atoms with Crippen molar-refractivity contribution in [3.05, 3.63) is 60.2 Å². The van der Waals surface area contributed by atoms with E-state index in [4.69, 9.17) is 0 Å². The first kappa shape index (κ1) is 20.4. The molecule has 0 aliphatic carbocycles. The van der Waals surface area contributed by atoms with Crippen LogP contribution in [-0.4, -0.2) is 43.2 Å². The Labute approximate surface area is 176 Å². The summed E-state index contributed by atoms with van der Waals surface area (Å²) in [6.07, 6.45) is 2.75. The first-order valence-electron chi connectivity index (χ1n) is 9.98. The molecule has 0 bridgehead atoms. The maximum absolute atomic E-state index is 13.0. The minimum atomic E-state index is -3.57. The number of sulfonamides is 1. The van der Waals surface area contributed by atoms with Gasteiger partial charge in [-0.25, -0.2) is 8.42 Å². The van der Waals surface area contributed by atoms with E-state index < -0.39 is 21.8 Å². The second-order valence-electron chi connectivity index (χ2n) is 7.51. The molecule has 2 aromatic carbocycles. The van der Waals surface area contributed by atoms with E-state index in [1.165, 1.54) is 33.6 Å². The number of nitrogens with zero attached hydrogens (tertiary/aromatic N) is 3. The molecule has 1 amide bonds. The summed E-state index contributed by atoms with van der Waals surface area (Å²) in [5, 5.41) is 5.51. The maximum atomic E-state index is 13.0. The van der Waals surface area contributed by atoms with Crippen LogP contribution in [0.5, 0.6) is 0 Å². The summed E-state index contributed by atoms with van der Waals surface area (Å²) in [4.78, 5) is 26.0. The Balaban J connectivity index is 1.54. The summed E-state index contributed by atoms with van der Waals surface area (Å²) in [5.74, 6) is -1.80. The zero-order valence-corrected chi connectivity index (χ0v) is 17.5. The molecule has 0 unspecified atom stereocenters. The topological polar surface area (TPSA) is 87.1 Å². The van der Waals surface area contributed by atoms with Crippen molar-refractivity contribution in [3.63, 3.8) is 0 Å². The van der Waals surface area contributed by atoms with E-state index in [0.29, 0.717) is 24.5 Å². The fraction of sp³-hybridized carbons (Fsp3) is 0.318. The molecule has 0 aromatic heterocycles. The van der Waals surface area contributed by atoms with Crippen LogP contribution in [0, 0.1) is 5.92 Å². The highest BCUT2D eigenvalue weighted by molar-refractivity contribution is 7.89. The molecule has 2 aromatic rings. The summed E-state index contributed by atoms with van der Waals surface area (Å²) in [6, 6.07) is 14.8. The van der Waals surface area contributed by atoms with Crippen LogP contribution >= 0.6 is 0 Å². The molecule has 2 aliphatic rings. The lowest BCUT2D eigenvalue weighted by molar-refractivity contribution is -0.118. The Kier molecular flexibility index (Phi) is 5.53. The van der Waals surface area contributed by atoms with E-state index in [1.54, 1.807) is 31.2 Å². The number of piperidine rings is 1. The van der Waals surface area contributed by atoms with Gasteiger partial charge in [0.1, 0.15) is 5.92 Å². The molecule has 0 saturated carbocycles. The molecule has 2 heterocycles. The van der Waals surface area contributed by atoms with Gasteiger partial charge in [0.25, 0.3) is 5.91 Å². The van der Waals surface area contributed by atoms with E-state index in [1.807, 2.05) is 6.07 Å². The molecule has 30 heavy (non-hydrogen) atoms. The molecule has 4 rings (SSSR count). The lowest BCUT2D eigenvalue weighted by atomic mass is 9.94. The zero-order valence-electron chi connectivity index (χ0n) is 16.7. The smallest absolute Gasteiger partial charge is 0.264 e. The van der Waals surface area contributed by atoms with Crippen molar-refractivity contribution in [1.29, 1.82) is 0 Å². The summed E-state index contributed by atoms with van der Waals surface area (Å²) >= 11 is 0. The van der Waals surface area contributed by atoms with Gasteiger partial charge < -0.3 is 0 Å². The van der Waals surface area contributed by atoms with Crippen molar-refractivity contribution in [1.82, 2.24) is 4.31 Å². The van der Waals surface area contributed by atoms with Crippen LogP contribution in [0.2, 0.25) is 0 Å². The normalized spacial score (nSPS) is 20.3. The Morgan fingerprint density at radius 2 is 1.60 bits per heavy atom. The second-order valence-corrected chi connectivity index (χ2v) is 9.45. The highest BCUT2D eigenvalue weighted by Gasteiger charge is 2.40. The molecule has 0 spiro atoms. The van der Waals surface area contributed by atoms with E-state index in [2.05, 4.69) is 5.10 Å². The summed E-state index contributed by atoms with van der Waals surface area (Å²) in [5.41, 5.74) is 1.30. The Morgan fingerprint density at radius 3 is 2.23 bits per heavy atom. The Bertz CT molecular complexity index is 1090.